The normalized spacial score (nSPS) is 21.7. The highest BCUT2D eigenvalue weighted by Gasteiger charge is 2.40. The van der Waals surface area contributed by atoms with Gasteiger partial charge in [0.05, 0.1) is 18.9 Å². The molecule has 0 heterocycles. The van der Waals surface area contributed by atoms with Crippen molar-refractivity contribution in [3.05, 3.63) is 35.9 Å². The van der Waals surface area contributed by atoms with Gasteiger partial charge in [-0.2, -0.15) is 0 Å². The second kappa shape index (κ2) is 7.02. The SMILES string of the molecule is COC(=O)C1CC(=O)CCC1C(=O)OCc1ccccc1. The molecule has 2 atom stereocenters. The van der Waals surface area contributed by atoms with Crippen LogP contribution in [0.2, 0.25) is 0 Å². The molecule has 21 heavy (non-hydrogen) atoms. The Morgan fingerprint density at radius 2 is 1.86 bits per heavy atom. The fourth-order valence-electron chi connectivity index (χ4n) is 2.52. The summed E-state index contributed by atoms with van der Waals surface area (Å²) in [7, 11) is 1.26. The van der Waals surface area contributed by atoms with Crippen molar-refractivity contribution in [2.75, 3.05) is 7.11 Å². The molecule has 0 N–H and O–H groups in total. The van der Waals surface area contributed by atoms with E-state index in [0.717, 1.165) is 5.56 Å². The molecule has 0 aromatic heterocycles. The van der Waals surface area contributed by atoms with E-state index in [2.05, 4.69) is 4.74 Å². The number of benzene rings is 1. The number of carbonyl (C=O) groups excluding carboxylic acids is 3. The summed E-state index contributed by atoms with van der Waals surface area (Å²) >= 11 is 0. The number of esters is 2. The van der Waals surface area contributed by atoms with Crippen LogP contribution < -0.4 is 0 Å². The maximum atomic E-state index is 12.2. The molecular formula is C16H18O5. The number of ketones is 1. The fourth-order valence-corrected chi connectivity index (χ4v) is 2.52. The van der Waals surface area contributed by atoms with Crippen LogP contribution in [0.15, 0.2) is 30.3 Å². The Hall–Kier alpha value is -2.17. The summed E-state index contributed by atoms with van der Waals surface area (Å²) in [6.07, 6.45) is 0.697. The second-order valence-corrected chi connectivity index (χ2v) is 5.11. The minimum Gasteiger partial charge on any atom is -0.469 e. The first-order valence-electron chi connectivity index (χ1n) is 6.92. The van der Waals surface area contributed by atoms with E-state index in [1.54, 1.807) is 0 Å². The van der Waals surface area contributed by atoms with Crippen LogP contribution in [-0.2, 0) is 30.5 Å². The van der Waals surface area contributed by atoms with Crippen LogP contribution >= 0.6 is 0 Å². The molecule has 1 saturated carbocycles. The Balaban J connectivity index is 1.99. The Bertz CT molecular complexity index is 523. The number of ether oxygens (including phenoxy) is 2. The fraction of sp³-hybridized carbons (Fsp3) is 0.438. The summed E-state index contributed by atoms with van der Waals surface area (Å²) < 4.78 is 9.95. The van der Waals surface area contributed by atoms with Gasteiger partial charge in [0.1, 0.15) is 12.4 Å². The van der Waals surface area contributed by atoms with Crippen molar-refractivity contribution in [1.82, 2.24) is 0 Å². The largest absolute Gasteiger partial charge is 0.469 e. The highest BCUT2D eigenvalue weighted by Crippen LogP contribution is 2.30. The minimum atomic E-state index is -0.723. The molecule has 0 amide bonds. The van der Waals surface area contributed by atoms with E-state index in [9.17, 15) is 14.4 Å². The summed E-state index contributed by atoms with van der Waals surface area (Å²) in [5.41, 5.74) is 0.882. The average molecular weight is 290 g/mol. The number of carbonyl (C=O) groups is 3. The predicted molar refractivity (Wildman–Crippen MR) is 74.1 cm³/mol. The zero-order valence-corrected chi connectivity index (χ0v) is 11.9. The lowest BCUT2D eigenvalue weighted by Gasteiger charge is -2.27. The monoisotopic (exact) mass is 290 g/mol. The summed E-state index contributed by atoms with van der Waals surface area (Å²) in [5, 5.41) is 0. The van der Waals surface area contributed by atoms with Crippen molar-refractivity contribution in [3.63, 3.8) is 0 Å². The van der Waals surface area contributed by atoms with Crippen LogP contribution in [0, 0.1) is 11.8 Å². The van der Waals surface area contributed by atoms with Crippen molar-refractivity contribution in [1.29, 1.82) is 0 Å². The smallest absolute Gasteiger partial charge is 0.310 e. The van der Waals surface area contributed by atoms with E-state index >= 15 is 0 Å². The van der Waals surface area contributed by atoms with Gasteiger partial charge in [-0.3, -0.25) is 14.4 Å². The molecule has 0 spiro atoms. The number of hydrogen-bond donors (Lipinski definition) is 0. The molecule has 1 aliphatic rings. The Kier molecular flexibility index (Phi) is 5.09. The molecule has 2 unspecified atom stereocenters. The molecule has 1 aliphatic carbocycles. The highest BCUT2D eigenvalue weighted by atomic mass is 16.5. The third kappa shape index (κ3) is 3.90. The lowest BCUT2D eigenvalue weighted by molar-refractivity contribution is -0.163. The molecule has 112 valence electrons. The van der Waals surface area contributed by atoms with Gasteiger partial charge in [-0.1, -0.05) is 30.3 Å². The molecular weight excluding hydrogens is 272 g/mol. The van der Waals surface area contributed by atoms with Gasteiger partial charge < -0.3 is 9.47 Å². The van der Waals surface area contributed by atoms with Crippen LogP contribution in [0.3, 0.4) is 0 Å². The van der Waals surface area contributed by atoms with E-state index in [1.807, 2.05) is 30.3 Å². The van der Waals surface area contributed by atoms with Crippen molar-refractivity contribution in [2.24, 2.45) is 11.8 Å². The Labute approximate surface area is 123 Å². The Morgan fingerprint density at radius 3 is 2.52 bits per heavy atom. The van der Waals surface area contributed by atoms with Crippen LogP contribution in [0.4, 0.5) is 0 Å². The van der Waals surface area contributed by atoms with E-state index < -0.39 is 23.8 Å². The Morgan fingerprint density at radius 1 is 1.14 bits per heavy atom. The van der Waals surface area contributed by atoms with Gasteiger partial charge in [0.25, 0.3) is 0 Å². The van der Waals surface area contributed by atoms with Crippen molar-refractivity contribution in [2.45, 2.75) is 25.9 Å². The maximum absolute atomic E-state index is 12.2. The van der Waals surface area contributed by atoms with Crippen molar-refractivity contribution >= 4 is 17.7 Å². The number of hydrogen-bond acceptors (Lipinski definition) is 5. The number of rotatable bonds is 4. The number of Topliss-reactive ketones (excluding diaryl/α,β-unsaturated/α-hetero) is 1. The molecule has 0 bridgehead atoms. The first kappa shape index (κ1) is 15.2. The van der Waals surface area contributed by atoms with E-state index in [1.165, 1.54) is 7.11 Å². The minimum absolute atomic E-state index is 0.0162. The lowest BCUT2D eigenvalue weighted by atomic mass is 9.78. The molecule has 5 heteroatoms. The predicted octanol–water partition coefficient (Wildman–Crippen LogP) is 1.89. The first-order valence-corrected chi connectivity index (χ1v) is 6.92. The van der Waals surface area contributed by atoms with E-state index in [-0.39, 0.29) is 18.8 Å². The van der Waals surface area contributed by atoms with Crippen LogP contribution in [0.5, 0.6) is 0 Å². The molecule has 5 nitrogen and oxygen atoms in total. The summed E-state index contributed by atoms with van der Waals surface area (Å²) in [5.74, 6) is -2.30. The van der Waals surface area contributed by atoms with Crippen molar-refractivity contribution < 1.29 is 23.9 Å². The van der Waals surface area contributed by atoms with Crippen LogP contribution in [-0.4, -0.2) is 24.8 Å². The van der Waals surface area contributed by atoms with Gasteiger partial charge >= 0.3 is 11.9 Å². The molecule has 0 saturated heterocycles. The van der Waals surface area contributed by atoms with Crippen molar-refractivity contribution in [3.8, 4) is 0 Å². The molecule has 1 aromatic carbocycles. The zero-order chi connectivity index (χ0) is 15.2. The average Bonchev–Trinajstić information content (AvgIpc) is 2.52. The molecule has 1 aromatic rings. The molecule has 2 rings (SSSR count). The van der Waals surface area contributed by atoms with Gasteiger partial charge in [-0.05, 0) is 12.0 Å². The number of methoxy groups -OCH3 is 1. The van der Waals surface area contributed by atoms with Gasteiger partial charge in [0.15, 0.2) is 0 Å². The van der Waals surface area contributed by atoms with E-state index in [4.69, 9.17) is 4.74 Å². The second-order valence-electron chi connectivity index (χ2n) is 5.11. The first-order chi connectivity index (χ1) is 10.1. The third-order valence-corrected chi connectivity index (χ3v) is 3.70. The summed E-state index contributed by atoms with van der Waals surface area (Å²) in [6, 6.07) is 9.32. The van der Waals surface area contributed by atoms with Gasteiger partial charge in [0.2, 0.25) is 0 Å². The topological polar surface area (TPSA) is 69.7 Å². The highest BCUT2D eigenvalue weighted by molar-refractivity contribution is 5.90. The lowest BCUT2D eigenvalue weighted by Crippen LogP contribution is -2.37. The van der Waals surface area contributed by atoms with Gasteiger partial charge in [-0.25, -0.2) is 0 Å². The molecule has 1 fully saturated rings. The standard InChI is InChI=1S/C16H18O5/c1-20-15(18)14-9-12(17)7-8-13(14)16(19)21-10-11-5-3-2-4-6-11/h2-6,13-14H,7-10H2,1H3. The van der Waals surface area contributed by atoms with Crippen LogP contribution in [0.1, 0.15) is 24.8 Å². The zero-order valence-electron chi connectivity index (χ0n) is 11.9. The molecule has 0 radical (unpaired) electrons. The summed E-state index contributed by atoms with van der Waals surface area (Å²) in [6.45, 7) is 0.165. The van der Waals surface area contributed by atoms with Gasteiger partial charge in [0, 0.05) is 12.8 Å². The maximum Gasteiger partial charge on any atom is 0.310 e. The quantitative estimate of drug-likeness (QED) is 0.792. The van der Waals surface area contributed by atoms with E-state index in [0.29, 0.717) is 12.8 Å². The third-order valence-electron chi connectivity index (χ3n) is 3.70. The van der Waals surface area contributed by atoms with Gasteiger partial charge in [-0.15, -0.1) is 0 Å². The molecule has 0 aliphatic heterocycles. The van der Waals surface area contributed by atoms with Crippen LogP contribution in [0.25, 0.3) is 0 Å². The summed E-state index contributed by atoms with van der Waals surface area (Å²) in [4.78, 5) is 35.4.